The van der Waals surface area contributed by atoms with Crippen molar-refractivity contribution in [1.29, 1.82) is 0 Å². The zero-order valence-corrected chi connectivity index (χ0v) is 16.8. The third-order valence-electron chi connectivity index (χ3n) is 5.41. The molecule has 0 spiro atoms. The van der Waals surface area contributed by atoms with Gasteiger partial charge in [-0.2, -0.15) is 10.2 Å². The number of amides is 1. The molecule has 0 fully saturated rings. The predicted octanol–water partition coefficient (Wildman–Crippen LogP) is 3.79. The minimum absolute atomic E-state index is 0.269. The Morgan fingerprint density at radius 3 is 2.66 bits per heavy atom. The predicted molar refractivity (Wildman–Crippen MR) is 116 cm³/mol. The molecule has 1 amide bonds. The Morgan fingerprint density at radius 1 is 1.14 bits per heavy atom. The first-order valence-corrected chi connectivity index (χ1v) is 10.0. The van der Waals surface area contributed by atoms with E-state index in [1.54, 1.807) is 6.21 Å². The molecule has 0 atom stereocenters. The second-order valence-corrected chi connectivity index (χ2v) is 7.05. The van der Waals surface area contributed by atoms with Gasteiger partial charge in [0.25, 0.3) is 5.91 Å². The van der Waals surface area contributed by atoms with E-state index in [1.807, 2.05) is 24.3 Å². The van der Waals surface area contributed by atoms with E-state index in [-0.39, 0.29) is 5.91 Å². The van der Waals surface area contributed by atoms with Crippen LogP contribution in [0.5, 0.6) is 0 Å². The number of anilines is 1. The summed E-state index contributed by atoms with van der Waals surface area (Å²) in [7, 11) is 0. The van der Waals surface area contributed by atoms with Crippen molar-refractivity contribution >= 4 is 17.8 Å². The molecule has 0 bridgehead atoms. The Bertz CT molecular complexity index is 1030. The molecule has 1 aliphatic carbocycles. The van der Waals surface area contributed by atoms with Gasteiger partial charge < -0.3 is 4.90 Å². The molecule has 0 unspecified atom stereocenters. The van der Waals surface area contributed by atoms with Gasteiger partial charge in [-0.05, 0) is 49.9 Å². The average Bonchev–Trinajstić information content (AvgIpc) is 3.20. The summed E-state index contributed by atoms with van der Waals surface area (Å²) in [6, 6.07) is 16.3. The zero-order valence-electron chi connectivity index (χ0n) is 16.8. The standard InChI is InChI=1S/C23H25N5O/c1-3-28(4-2)18-12-9-16(10-13-18)15-24-27-23(29)22-20-14-11-17-7-5-6-8-19(17)21(20)25-26-22/h5-10,12-13,15H,3-4,11,14H2,1-2H3,(H,25,26)(H,27,29)/b24-15+. The van der Waals surface area contributed by atoms with Crippen LogP contribution < -0.4 is 10.3 Å². The molecule has 0 aliphatic heterocycles. The van der Waals surface area contributed by atoms with Crippen molar-refractivity contribution in [3.63, 3.8) is 0 Å². The van der Waals surface area contributed by atoms with Crippen LogP contribution in [0.1, 0.15) is 41.0 Å². The number of carbonyl (C=O) groups excluding carboxylic acids is 1. The highest BCUT2D eigenvalue weighted by atomic mass is 16.2. The Kier molecular flexibility index (Phi) is 5.42. The second-order valence-electron chi connectivity index (χ2n) is 7.05. The number of H-pyrrole nitrogens is 1. The fourth-order valence-corrected chi connectivity index (χ4v) is 3.83. The highest BCUT2D eigenvalue weighted by molar-refractivity contribution is 5.96. The van der Waals surface area contributed by atoms with E-state index in [0.717, 1.165) is 48.3 Å². The number of aromatic amines is 1. The average molecular weight is 387 g/mol. The van der Waals surface area contributed by atoms with Crippen LogP contribution in [0.25, 0.3) is 11.3 Å². The summed E-state index contributed by atoms with van der Waals surface area (Å²) in [6.45, 7) is 6.22. The number of hydrogen-bond donors (Lipinski definition) is 2. The van der Waals surface area contributed by atoms with Crippen molar-refractivity contribution < 1.29 is 4.79 Å². The van der Waals surface area contributed by atoms with Crippen LogP contribution in [0.2, 0.25) is 0 Å². The van der Waals surface area contributed by atoms with E-state index >= 15 is 0 Å². The maximum atomic E-state index is 12.6. The van der Waals surface area contributed by atoms with Crippen molar-refractivity contribution in [3.05, 3.63) is 70.9 Å². The molecule has 6 heteroatoms. The molecule has 148 valence electrons. The summed E-state index contributed by atoms with van der Waals surface area (Å²) in [5.74, 6) is -0.269. The number of benzene rings is 2. The van der Waals surface area contributed by atoms with Gasteiger partial charge in [0.2, 0.25) is 0 Å². The zero-order chi connectivity index (χ0) is 20.2. The molecule has 0 radical (unpaired) electrons. The van der Waals surface area contributed by atoms with Gasteiger partial charge >= 0.3 is 0 Å². The summed E-state index contributed by atoms with van der Waals surface area (Å²) >= 11 is 0. The number of hydrazone groups is 1. The number of carbonyl (C=O) groups is 1. The molecule has 6 nitrogen and oxygen atoms in total. The topological polar surface area (TPSA) is 73.4 Å². The quantitative estimate of drug-likeness (QED) is 0.499. The largest absolute Gasteiger partial charge is 0.372 e. The molecule has 0 saturated carbocycles. The Balaban J connectivity index is 1.44. The maximum absolute atomic E-state index is 12.6. The van der Waals surface area contributed by atoms with E-state index in [1.165, 1.54) is 11.3 Å². The van der Waals surface area contributed by atoms with Crippen molar-refractivity contribution in [2.75, 3.05) is 18.0 Å². The fraction of sp³-hybridized carbons (Fsp3) is 0.261. The van der Waals surface area contributed by atoms with Crippen molar-refractivity contribution in [1.82, 2.24) is 15.6 Å². The maximum Gasteiger partial charge on any atom is 0.289 e. The van der Waals surface area contributed by atoms with Gasteiger partial charge in [0.1, 0.15) is 5.69 Å². The van der Waals surface area contributed by atoms with Crippen LogP contribution in [0, 0.1) is 0 Å². The molecular weight excluding hydrogens is 362 g/mol. The molecular formula is C23H25N5O. The minimum atomic E-state index is -0.269. The van der Waals surface area contributed by atoms with Crippen LogP contribution in [-0.2, 0) is 12.8 Å². The van der Waals surface area contributed by atoms with Crippen LogP contribution in [0.15, 0.2) is 53.6 Å². The van der Waals surface area contributed by atoms with E-state index in [4.69, 9.17) is 0 Å². The van der Waals surface area contributed by atoms with Gasteiger partial charge in [-0.3, -0.25) is 9.89 Å². The first kappa shape index (κ1) is 18.9. The highest BCUT2D eigenvalue weighted by Crippen LogP contribution is 2.33. The highest BCUT2D eigenvalue weighted by Gasteiger charge is 2.24. The number of rotatable bonds is 6. The van der Waals surface area contributed by atoms with Crippen LogP contribution in [-0.4, -0.2) is 35.4 Å². The lowest BCUT2D eigenvalue weighted by molar-refractivity contribution is 0.0949. The van der Waals surface area contributed by atoms with E-state index in [9.17, 15) is 4.79 Å². The molecule has 1 heterocycles. The molecule has 2 aromatic carbocycles. The van der Waals surface area contributed by atoms with Crippen LogP contribution in [0.3, 0.4) is 0 Å². The lowest BCUT2D eigenvalue weighted by Crippen LogP contribution is -2.21. The smallest absolute Gasteiger partial charge is 0.289 e. The van der Waals surface area contributed by atoms with Crippen LogP contribution >= 0.6 is 0 Å². The van der Waals surface area contributed by atoms with Gasteiger partial charge in [0.15, 0.2) is 0 Å². The SMILES string of the molecule is CCN(CC)c1ccc(/C=N/NC(=O)c2[nH]nc3c2CCc2ccccc2-3)cc1. The number of aromatic nitrogens is 2. The van der Waals surface area contributed by atoms with Crippen molar-refractivity contribution in [2.24, 2.45) is 5.10 Å². The lowest BCUT2D eigenvalue weighted by Gasteiger charge is -2.20. The molecule has 29 heavy (non-hydrogen) atoms. The summed E-state index contributed by atoms with van der Waals surface area (Å²) < 4.78 is 0. The summed E-state index contributed by atoms with van der Waals surface area (Å²) in [5, 5.41) is 11.4. The van der Waals surface area contributed by atoms with Gasteiger partial charge in [-0.15, -0.1) is 0 Å². The molecule has 1 aromatic heterocycles. The molecule has 1 aliphatic rings. The van der Waals surface area contributed by atoms with Gasteiger partial charge in [-0.1, -0.05) is 36.4 Å². The van der Waals surface area contributed by atoms with E-state index in [2.05, 4.69) is 63.7 Å². The molecule has 4 rings (SSSR count). The van der Waals surface area contributed by atoms with E-state index in [0.29, 0.717) is 5.69 Å². The number of nitrogens with zero attached hydrogens (tertiary/aromatic N) is 3. The first-order valence-electron chi connectivity index (χ1n) is 10.0. The first-order chi connectivity index (χ1) is 14.2. The number of fused-ring (bicyclic) bond motifs is 3. The summed E-state index contributed by atoms with van der Waals surface area (Å²) in [4.78, 5) is 14.9. The Hall–Kier alpha value is -3.41. The van der Waals surface area contributed by atoms with Gasteiger partial charge in [0.05, 0.1) is 11.9 Å². The molecule has 3 aromatic rings. The van der Waals surface area contributed by atoms with Gasteiger partial charge in [-0.25, -0.2) is 5.43 Å². The monoisotopic (exact) mass is 387 g/mol. The third kappa shape index (κ3) is 3.78. The summed E-state index contributed by atoms with van der Waals surface area (Å²) in [5.41, 5.74) is 9.41. The number of nitrogens with one attached hydrogen (secondary N) is 2. The Morgan fingerprint density at radius 2 is 1.90 bits per heavy atom. The van der Waals surface area contributed by atoms with Gasteiger partial charge in [0, 0.05) is 29.9 Å². The fourth-order valence-electron chi connectivity index (χ4n) is 3.83. The molecule has 0 saturated heterocycles. The molecule has 2 N–H and O–H groups in total. The normalized spacial score (nSPS) is 12.5. The van der Waals surface area contributed by atoms with Crippen molar-refractivity contribution in [2.45, 2.75) is 26.7 Å². The summed E-state index contributed by atoms with van der Waals surface area (Å²) in [6.07, 6.45) is 3.36. The van der Waals surface area contributed by atoms with E-state index < -0.39 is 0 Å². The lowest BCUT2D eigenvalue weighted by atomic mass is 9.89. The second kappa shape index (κ2) is 8.31. The third-order valence-corrected chi connectivity index (χ3v) is 5.41. The minimum Gasteiger partial charge on any atom is -0.372 e. The number of aryl methyl sites for hydroxylation is 1. The van der Waals surface area contributed by atoms with Crippen LogP contribution in [0.4, 0.5) is 5.69 Å². The number of hydrogen-bond acceptors (Lipinski definition) is 4. The Labute approximate surface area is 170 Å². The van der Waals surface area contributed by atoms with Crippen molar-refractivity contribution in [3.8, 4) is 11.3 Å².